The van der Waals surface area contributed by atoms with Crippen LogP contribution < -0.4 is 0 Å². The van der Waals surface area contributed by atoms with Crippen LogP contribution >= 0.6 is 0 Å². The van der Waals surface area contributed by atoms with Crippen molar-refractivity contribution in [2.24, 2.45) is 47.3 Å². The van der Waals surface area contributed by atoms with Crippen LogP contribution in [0.4, 0.5) is 17.6 Å². The predicted octanol–water partition coefficient (Wildman–Crippen LogP) is 25.7. The first kappa shape index (κ1) is 94.3. The summed E-state index contributed by atoms with van der Waals surface area (Å²) in [5.74, 6) is -1.13. The van der Waals surface area contributed by atoms with Crippen LogP contribution in [0.5, 0.6) is 0 Å². The number of aromatic nitrogens is 12. The Hall–Kier alpha value is -17.0. The van der Waals surface area contributed by atoms with Gasteiger partial charge >= 0.3 is 0 Å². The van der Waals surface area contributed by atoms with Gasteiger partial charge in [-0.2, -0.15) is 0 Å². The molecule has 8 heterocycles. The molecular formula is C121H94F4N16O4. The van der Waals surface area contributed by atoms with Gasteiger partial charge in [-0.05, 0) is 191 Å². The van der Waals surface area contributed by atoms with Crippen molar-refractivity contribution in [3.05, 3.63) is 404 Å². The van der Waals surface area contributed by atoms with Crippen LogP contribution in [0.25, 0.3) is 154 Å². The number of hydrogen-bond donors (Lipinski definition) is 0. The van der Waals surface area contributed by atoms with Crippen molar-refractivity contribution >= 4 is 66.7 Å². The van der Waals surface area contributed by atoms with Crippen molar-refractivity contribution in [3.8, 4) is 90.6 Å². The fourth-order valence-electron chi connectivity index (χ4n) is 24.2. The summed E-state index contributed by atoms with van der Waals surface area (Å²) in [6.07, 6.45) is 19.6. The zero-order valence-corrected chi connectivity index (χ0v) is 80.9. The lowest BCUT2D eigenvalue weighted by Gasteiger charge is -2.46. The van der Waals surface area contributed by atoms with Gasteiger partial charge in [0.2, 0.25) is 22.8 Å². The number of fused-ring (bicyclic) bond motifs is 16. The van der Waals surface area contributed by atoms with Crippen molar-refractivity contribution in [1.29, 1.82) is 0 Å². The Labute approximate surface area is 835 Å². The summed E-state index contributed by atoms with van der Waals surface area (Å²) < 4.78 is 60.5. The molecule has 0 amide bonds. The van der Waals surface area contributed by atoms with Gasteiger partial charge in [0.25, 0.3) is 0 Å². The maximum absolute atomic E-state index is 15.2. The number of para-hydroxylation sites is 2. The lowest BCUT2D eigenvalue weighted by molar-refractivity contribution is -0.122. The standard InChI is InChI=1S/C31H25FN4O.3C30H23FN4O/c1-17-8-7-10-19-20(14-15-34-26(17)19)30-35-27(21-9-5-6-11-24(21)32)22-12-13-23-18(2)28(37)25(33-4)16-31(23,3)29(22)36-30;1-17-22-13-12-21-26(20-9-5-6-10-23(20)31)34-29(19-14-18-8-4-7-11-24(18)33-16-19)35-28(21)30(22,2)15-25(32-3)27(17)36;1-17-22-14-13-21-26(20-8-4-5-11-23(20)31)34-29(19-9-6-12-24-18(19)10-7-15-33-24)35-28(21)30(22,2)16-25(32-3)27(17)36;1-17-22-12-11-21-26(20-8-4-5-9-23(20)31)34-29(19-10-13-24-18(15-19)7-6-14-33-24)35-28(21)30(22,2)16-25(32-3)27(17)36/h5-11,14-16,18,23H,12-13H2,1-3H3;4-11,14-17,22H,12-13H2,1-2H3;4-12,15-17,22H,13-14H2,1-2H3;4-10,13-17,22H,11-12H2,1-2H3/t18-,23-,31-;3*17-,22-,30-/m1111/s1. The second-order valence-electron chi connectivity index (χ2n) is 39.7. The highest BCUT2D eigenvalue weighted by Crippen LogP contribution is 2.58. The first-order valence-electron chi connectivity index (χ1n) is 48.7. The van der Waals surface area contributed by atoms with Gasteiger partial charge in [0, 0.05) is 158 Å². The van der Waals surface area contributed by atoms with Crippen molar-refractivity contribution < 1.29 is 36.7 Å². The molecule has 24 rings (SSSR count). The van der Waals surface area contributed by atoms with E-state index in [4.69, 9.17) is 66.2 Å². The number of pyridine rings is 4. The number of allylic oxidation sites excluding steroid dienone is 8. The summed E-state index contributed by atoms with van der Waals surface area (Å²) in [4.78, 5) is 124. The van der Waals surface area contributed by atoms with Gasteiger partial charge in [-0.1, -0.05) is 189 Å². The third kappa shape index (κ3) is 16.0. The molecule has 8 aromatic heterocycles. The Morgan fingerprint density at radius 1 is 0.310 bits per heavy atom. The number of Topliss-reactive ketones (excluding diaryl/α,β-unsaturated/α-hetero) is 4. The van der Waals surface area contributed by atoms with Gasteiger partial charge in [0.1, 0.15) is 23.3 Å². The van der Waals surface area contributed by atoms with E-state index in [2.05, 4.69) is 60.1 Å². The summed E-state index contributed by atoms with van der Waals surface area (Å²) in [5, 5.41) is 3.74. The number of rotatable bonds is 8. The molecule has 0 aliphatic heterocycles. The molecule has 0 fully saturated rings. The summed E-state index contributed by atoms with van der Waals surface area (Å²) in [7, 11) is 0. The van der Waals surface area contributed by atoms with Gasteiger partial charge in [-0.15, -0.1) is 0 Å². The number of benzene rings is 8. The summed E-state index contributed by atoms with van der Waals surface area (Å²) >= 11 is 0. The lowest BCUT2D eigenvalue weighted by Crippen LogP contribution is -2.46. The fraction of sp³-hybridized carbons (Fsp3) is 0.240. The van der Waals surface area contributed by atoms with Crippen molar-refractivity contribution in [2.45, 2.75) is 135 Å². The SMILES string of the molecule is [C-]#[N+]C1=C[C@@]2(C)c3nc(-c4ccc5ncccc5c4)nc(-c4ccccc4F)c3CC[C@@H]2[C@@H](C)C1=O.[C-]#[N+]C1=C[C@@]2(C)c3nc(-c4cccc5ncccc45)nc(-c4ccccc4F)c3CC[C@@H]2[C@@H](C)C1=O.[C-]#[N+]C1=C[C@@]2(C)c3nc(-c4ccnc5c(C)cccc45)nc(-c4ccccc4F)c3CC[C@@H]2[C@@H](C)C1=O.[C-]#[N+]C1=C[C@@]2(C)c3nc(-c4cnc5ccccc5c4)nc(-c4ccccc4F)c3CC[C@@H]2[C@@H](C)C1=O. The highest BCUT2D eigenvalue weighted by Gasteiger charge is 2.55. The zero-order valence-electron chi connectivity index (χ0n) is 80.9. The van der Waals surface area contributed by atoms with E-state index >= 15 is 17.6 Å². The normalized spacial score (nSPS) is 22.9. The third-order valence-corrected chi connectivity index (χ3v) is 31.6. The Morgan fingerprint density at radius 2 is 0.634 bits per heavy atom. The van der Waals surface area contributed by atoms with E-state index in [1.165, 1.54) is 24.3 Å². The number of hydrogen-bond acceptors (Lipinski definition) is 16. The molecule has 20 nitrogen and oxygen atoms in total. The van der Waals surface area contributed by atoms with Crippen LogP contribution in [-0.4, -0.2) is 82.9 Å². The lowest BCUT2D eigenvalue weighted by atomic mass is 9.58. The monoisotopic (exact) mass is 1910 g/mol. The molecule has 0 bridgehead atoms. The molecule has 0 unspecified atom stereocenters. The van der Waals surface area contributed by atoms with E-state index in [0.717, 1.165) is 142 Å². The van der Waals surface area contributed by atoms with E-state index in [9.17, 15) is 19.2 Å². The van der Waals surface area contributed by atoms with Gasteiger partial charge in [-0.3, -0.25) is 19.9 Å². The molecule has 0 saturated heterocycles. The summed E-state index contributed by atoms with van der Waals surface area (Å²) in [6, 6.07) is 63.7. The first-order valence-corrected chi connectivity index (χ1v) is 48.7. The van der Waals surface area contributed by atoms with Gasteiger partial charge in [-0.25, -0.2) is 76.8 Å². The predicted molar refractivity (Wildman–Crippen MR) is 549 cm³/mol. The maximum Gasteiger partial charge on any atom is 0.226 e. The van der Waals surface area contributed by atoms with Crippen LogP contribution in [0.2, 0.25) is 0 Å². The van der Waals surface area contributed by atoms with E-state index < -0.39 is 21.7 Å². The number of carbonyl (C=O) groups excluding carboxylic acids is 4. The van der Waals surface area contributed by atoms with Gasteiger partial charge < -0.3 is 19.2 Å². The highest BCUT2D eigenvalue weighted by atomic mass is 19.1. The van der Waals surface area contributed by atoms with Crippen molar-refractivity contribution in [2.75, 3.05) is 0 Å². The topological polar surface area (TPSA) is 240 Å². The van der Waals surface area contributed by atoms with Crippen LogP contribution in [0, 0.1) is 104 Å². The Morgan fingerprint density at radius 3 is 1.06 bits per heavy atom. The van der Waals surface area contributed by atoms with Crippen LogP contribution in [0.15, 0.2) is 284 Å². The Bertz CT molecular complexity index is 8300. The molecule has 0 saturated carbocycles. The third-order valence-electron chi connectivity index (χ3n) is 31.6. The summed E-state index contributed by atoms with van der Waals surface area (Å²) in [5.41, 5.74) is 16.1. The Balaban J connectivity index is 0.000000114. The number of aryl methyl sites for hydroxylation is 1. The molecule has 710 valence electrons. The molecule has 8 aromatic carbocycles. The molecule has 16 aromatic rings. The average molecular weight is 1910 g/mol. The number of nitrogens with zero attached hydrogens (tertiary/aromatic N) is 16. The average Bonchev–Trinajstić information content (AvgIpc) is 0.728. The first-order chi connectivity index (χ1) is 70.1. The van der Waals surface area contributed by atoms with Gasteiger partial charge in [0.15, 0.2) is 46.4 Å². The second-order valence-corrected chi connectivity index (χ2v) is 39.7. The fourth-order valence-corrected chi connectivity index (χ4v) is 24.2. The molecule has 145 heavy (non-hydrogen) atoms. The van der Waals surface area contributed by atoms with E-state index in [-0.39, 0.29) is 117 Å². The van der Waals surface area contributed by atoms with Gasteiger partial charge in [0.05, 0.1) is 93.9 Å². The second kappa shape index (κ2) is 37.2. The molecule has 0 N–H and O–H groups in total. The minimum Gasteiger partial charge on any atom is -0.308 e. The number of halogens is 4. The zero-order chi connectivity index (χ0) is 101. The maximum atomic E-state index is 15.2. The molecular weight excluding hydrogens is 1820 g/mol. The van der Waals surface area contributed by atoms with E-state index in [1.807, 2.05) is 163 Å². The largest absolute Gasteiger partial charge is 0.308 e. The molecule has 0 radical (unpaired) electrons. The molecule has 12 atom stereocenters. The Kier molecular flexibility index (Phi) is 24.2. The van der Waals surface area contributed by atoms with Crippen LogP contribution in [-0.2, 0) is 66.5 Å². The van der Waals surface area contributed by atoms with Crippen molar-refractivity contribution in [1.82, 2.24) is 59.8 Å². The minimum atomic E-state index is -0.656. The van der Waals surface area contributed by atoms with Crippen LogP contribution in [0.3, 0.4) is 0 Å². The van der Waals surface area contributed by atoms with E-state index in [0.29, 0.717) is 94.0 Å². The van der Waals surface area contributed by atoms with Crippen molar-refractivity contribution in [3.63, 3.8) is 0 Å². The summed E-state index contributed by atoms with van der Waals surface area (Å²) in [6.45, 7) is 48.3. The molecule has 8 aliphatic carbocycles. The molecule has 24 heteroatoms. The number of ketones is 4. The van der Waals surface area contributed by atoms with Crippen LogP contribution in [0.1, 0.15) is 132 Å². The quantitative estimate of drug-likeness (QED) is 0.101. The smallest absolute Gasteiger partial charge is 0.226 e. The molecule has 8 aliphatic rings. The molecule has 0 spiro atoms. The minimum absolute atomic E-state index is 0.0000220. The van der Waals surface area contributed by atoms with E-state index in [1.54, 1.807) is 116 Å². The highest BCUT2D eigenvalue weighted by molar-refractivity contribution is 6.04. The number of carbonyl (C=O) groups is 4.